The first-order chi connectivity index (χ1) is 13.9. The molecule has 0 fully saturated rings. The second kappa shape index (κ2) is 5.99. The minimum atomic E-state index is -0.283. The Morgan fingerprint density at radius 1 is 0.893 bits per heavy atom. The van der Waals surface area contributed by atoms with Crippen LogP contribution in [0.5, 0.6) is 17.2 Å². The van der Waals surface area contributed by atoms with E-state index in [0.29, 0.717) is 0 Å². The number of ether oxygens (including phenoxy) is 3. The van der Waals surface area contributed by atoms with Crippen molar-refractivity contribution in [3.63, 3.8) is 0 Å². The number of hydrogen-bond acceptors (Lipinski definition) is 6. The standard InChI is InChI=1S/C22H17N3O3/c1-2-4-19-16(3-1)18-12-17(15-5-6-20-21(11-15)27-13-26-20)24-25(18)22(28-19)14-7-9-23-10-8-14/h1-11,18,22H,12-13H2/t18-,22+/m0/s1. The number of benzene rings is 2. The van der Waals surface area contributed by atoms with Crippen molar-refractivity contribution in [2.75, 3.05) is 6.79 Å². The molecular weight excluding hydrogens is 354 g/mol. The number of hydrogen-bond donors (Lipinski definition) is 0. The van der Waals surface area contributed by atoms with E-state index in [2.05, 4.69) is 16.1 Å². The van der Waals surface area contributed by atoms with E-state index in [1.54, 1.807) is 12.4 Å². The second-order valence-corrected chi connectivity index (χ2v) is 7.00. The lowest BCUT2D eigenvalue weighted by atomic mass is 9.96. The molecule has 3 aromatic rings. The third kappa shape index (κ3) is 2.34. The summed E-state index contributed by atoms with van der Waals surface area (Å²) in [5.41, 5.74) is 4.25. The molecule has 6 heteroatoms. The summed E-state index contributed by atoms with van der Waals surface area (Å²) in [6.45, 7) is 0.269. The van der Waals surface area contributed by atoms with Crippen LogP contribution in [0.3, 0.4) is 0 Å². The summed E-state index contributed by atoms with van der Waals surface area (Å²) in [5, 5.41) is 7.04. The molecule has 0 saturated heterocycles. The van der Waals surface area contributed by atoms with Crippen LogP contribution >= 0.6 is 0 Å². The van der Waals surface area contributed by atoms with Crippen molar-refractivity contribution in [2.45, 2.75) is 18.7 Å². The second-order valence-electron chi connectivity index (χ2n) is 7.00. The third-order valence-electron chi connectivity index (χ3n) is 5.40. The van der Waals surface area contributed by atoms with Crippen LogP contribution in [0.15, 0.2) is 72.1 Å². The number of fused-ring (bicyclic) bond motifs is 4. The Morgan fingerprint density at radius 3 is 2.68 bits per heavy atom. The molecule has 0 bridgehead atoms. The van der Waals surface area contributed by atoms with Gasteiger partial charge in [0.05, 0.1) is 11.8 Å². The fourth-order valence-electron chi connectivity index (χ4n) is 4.03. The van der Waals surface area contributed by atoms with Crippen molar-refractivity contribution in [3.8, 4) is 17.2 Å². The molecule has 3 aliphatic rings. The van der Waals surface area contributed by atoms with Crippen LogP contribution in [0.1, 0.15) is 35.4 Å². The number of rotatable bonds is 2. The topological polar surface area (TPSA) is 56.2 Å². The molecule has 28 heavy (non-hydrogen) atoms. The van der Waals surface area contributed by atoms with Gasteiger partial charge in [-0.3, -0.25) is 4.98 Å². The van der Waals surface area contributed by atoms with E-state index >= 15 is 0 Å². The van der Waals surface area contributed by atoms with Crippen LogP contribution in [-0.4, -0.2) is 22.5 Å². The highest BCUT2D eigenvalue weighted by molar-refractivity contribution is 6.02. The van der Waals surface area contributed by atoms with E-state index in [4.69, 9.17) is 19.3 Å². The molecule has 0 saturated carbocycles. The van der Waals surface area contributed by atoms with Crippen molar-refractivity contribution in [1.29, 1.82) is 0 Å². The summed E-state index contributed by atoms with van der Waals surface area (Å²) in [7, 11) is 0. The molecule has 138 valence electrons. The predicted molar refractivity (Wildman–Crippen MR) is 102 cm³/mol. The number of pyridine rings is 1. The lowest BCUT2D eigenvalue weighted by Gasteiger charge is -2.38. The number of aromatic nitrogens is 1. The maximum absolute atomic E-state index is 6.34. The van der Waals surface area contributed by atoms with Gasteiger partial charge in [0, 0.05) is 35.5 Å². The van der Waals surface area contributed by atoms with Crippen molar-refractivity contribution in [2.24, 2.45) is 5.10 Å². The Morgan fingerprint density at radius 2 is 1.75 bits per heavy atom. The molecule has 3 aliphatic heterocycles. The summed E-state index contributed by atoms with van der Waals surface area (Å²) in [6, 6.07) is 18.3. The van der Waals surface area contributed by atoms with Crippen molar-refractivity contribution in [3.05, 3.63) is 83.7 Å². The first kappa shape index (κ1) is 15.5. The van der Waals surface area contributed by atoms with Crippen LogP contribution in [0.2, 0.25) is 0 Å². The molecule has 6 nitrogen and oxygen atoms in total. The normalized spacial score (nSPS) is 21.6. The van der Waals surface area contributed by atoms with Gasteiger partial charge in [0.1, 0.15) is 5.75 Å². The van der Waals surface area contributed by atoms with Crippen LogP contribution < -0.4 is 14.2 Å². The lowest BCUT2D eigenvalue weighted by molar-refractivity contribution is -0.0190. The van der Waals surface area contributed by atoms with E-state index in [0.717, 1.165) is 46.1 Å². The highest BCUT2D eigenvalue weighted by Gasteiger charge is 2.41. The molecular formula is C22H17N3O3. The maximum Gasteiger partial charge on any atom is 0.231 e. The summed E-state index contributed by atoms with van der Waals surface area (Å²) in [5.74, 6) is 2.46. The first-order valence-corrected chi connectivity index (χ1v) is 9.28. The third-order valence-corrected chi connectivity index (χ3v) is 5.40. The highest BCUT2D eigenvalue weighted by Crippen LogP contribution is 2.47. The Hall–Kier alpha value is -3.54. The Balaban J connectivity index is 1.43. The molecule has 0 N–H and O–H groups in total. The van der Waals surface area contributed by atoms with Crippen molar-refractivity contribution in [1.82, 2.24) is 9.99 Å². The van der Waals surface area contributed by atoms with Gasteiger partial charge in [-0.2, -0.15) is 5.10 Å². The van der Waals surface area contributed by atoms with Crippen LogP contribution in [0.25, 0.3) is 0 Å². The lowest BCUT2D eigenvalue weighted by Crippen LogP contribution is -2.33. The first-order valence-electron chi connectivity index (χ1n) is 9.28. The number of nitrogens with zero attached hydrogens (tertiary/aromatic N) is 3. The summed E-state index contributed by atoms with van der Waals surface area (Å²) in [4.78, 5) is 4.13. The molecule has 4 heterocycles. The van der Waals surface area contributed by atoms with Crippen LogP contribution in [-0.2, 0) is 0 Å². The van der Waals surface area contributed by atoms with Gasteiger partial charge in [-0.25, -0.2) is 5.01 Å². The quantitative estimate of drug-likeness (QED) is 0.680. The van der Waals surface area contributed by atoms with Gasteiger partial charge in [0.15, 0.2) is 11.5 Å². The largest absolute Gasteiger partial charge is 0.464 e. The van der Waals surface area contributed by atoms with Gasteiger partial charge < -0.3 is 14.2 Å². The number of para-hydroxylation sites is 1. The van der Waals surface area contributed by atoms with Gasteiger partial charge in [-0.15, -0.1) is 0 Å². The highest BCUT2D eigenvalue weighted by atomic mass is 16.7. The predicted octanol–water partition coefficient (Wildman–Crippen LogP) is 4.05. The molecule has 0 spiro atoms. The molecule has 2 atom stereocenters. The van der Waals surface area contributed by atoms with Gasteiger partial charge in [0.25, 0.3) is 0 Å². The minimum Gasteiger partial charge on any atom is -0.464 e. The van der Waals surface area contributed by atoms with Crippen molar-refractivity contribution >= 4 is 5.71 Å². The van der Waals surface area contributed by atoms with Crippen molar-refractivity contribution < 1.29 is 14.2 Å². The molecule has 0 amide bonds. The molecule has 0 unspecified atom stereocenters. The monoisotopic (exact) mass is 371 g/mol. The summed E-state index contributed by atoms with van der Waals surface area (Å²) < 4.78 is 17.3. The Kier molecular flexibility index (Phi) is 3.32. The summed E-state index contributed by atoms with van der Waals surface area (Å²) in [6.07, 6.45) is 4.09. The van der Waals surface area contributed by atoms with E-state index in [9.17, 15) is 0 Å². The van der Waals surface area contributed by atoms with Crippen LogP contribution in [0.4, 0.5) is 0 Å². The zero-order valence-electron chi connectivity index (χ0n) is 15.0. The van der Waals surface area contributed by atoms with Crippen LogP contribution in [0, 0.1) is 0 Å². The molecule has 0 aliphatic carbocycles. The smallest absolute Gasteiger partial charge is 0.231 e. The van der Waals surface area contributed by atoms with E-state index < -0.39 is 0 Å². The van der Waals surface area contributed by atoms with Gasteiger partial charge in [-0.05, 0) is 36.4 Å². The SMILES string of the molecule is c1ccc2c(c1)O[C@H](c1ccncc1)N1N=C(c3ccc4c(c3)OCO4)C[C@@H]21. The molecule has 2 aromatic carbocycles. The summed E-state index contributed by atoms with van der Waals surface area (Å²) >= 11 is 0. The molecule has 0 radical (unpaired) electrons. The van der Waals surface area contributed by atoms with E-state index in [1.807, 2.05) is 48.5 Å². The number of hydrazone groups is 1. The maximum atomic E-state index is 6.34. The van der Waals surface area contributed by atoms with E-state index in [-0.39, 0.29) is 19.1 Å². The van der Waals surface area contributed by atoms with E-state index in [1.165, 1.54) is 0 Å². The fraction of sp³-hybridized carbons (Fsp3) is 0.182. The fourth-order valence-corrected chi connectivity index (χ4v) is 4.03. The molecule has 6 rings (SSSR count). The zero-order chi connectivity index (χ0) is 18.5. The Bertz CT molecular complexity index is 1080. The average molecular weight is 371 g/mol. The molecule has 1 aromatic heterocycles. The van der Waals surface area contributed by atoms with Gasteiger partial charge in [-0.1, -0.05) is 18.2 Å². The van der Waals surface area contributed by atoms with Gasteiger partial charge in [0.2, 0.25) is 13.0 Å². The Labute approximate surface area is 162 Å². The average Bonchev–Trinajstić information content (AvgIpc) is 3.40. The zero-order valence-corrected chi connectivity index (χ0v) is 15.0. The minimum absolute atomic E-state index is 0.128. The van der Waals surface area contributed by atoms with Gasteiger partial charge >= 0.3 is 0 Å².